The summed E-state index contributed by atoms with van der Waals surface area (Å²) in [6.45, 7) is -0.222. The van der Waals surface area contributed by atoms with Crippen molar-refractivity contribution in [2.75, 3.05) is 11.9 Å². The van der Waals surface area contributed by atoms with Gasteiger partial charge in [0.05, 0.1) is 22.1 Å². The van der Waals surface area contributed by atoms with Gasteiger partial charge in [0.15, 0.2) is 5.13 Å². The lowest BCUT2D eigenvalue weighted by molar-refractivity contribution is -0.142. The molecule has 2 unspecified atom stereocenters. The molecule has 1 aliphatic carbocycles. The molecule has 2 heterocycles. The third kappa shape index (κ3) is 2.58. The zero-order valence-corrected chi connectivity index (χ0v) is 13.8. The van der Waals surface area contributed by atoms with Gasteiger partial charge >= 0.3 is 0 Å². The van der Waals surface area contributed by atoms with Crippen LogP contribution in [-0.2, 0) is 14.4 Å². The van der Waals surface area contributed by atoms with Gasteiger partial charge < -0.3 is 5.32 Å². The van der Waals surface area contributed by atoms with E-state index in [1.807, 2.05) is 24.3 Å². The minimum absolute atomic E-state index is 0.191. The molecule has 0 radical (unpaired) electrons. The molecule has 4 rings (SSSR count). The van der Waals surface area contributed by atoms with Crippen molar-refractivity contribution in [3.8, 4) is 0 Å². The summed E-state index contributed by atoms with van der Waals surface area (Å²) in [5, 5.41) is 3.19. The summed E-state index contributed by atoms with van der Waals surface area (Å²) < 4.78 is 0.979. The summed E-state index contributed by atoms with van der Waals surface area (Å²) in [6, 6.07) is 7.60. The van der Waals surface area contributed by atoms with E-state index in [0.717, 1.165) is 40.8 Å². The average molecular weight is 343 g/mol. The topological polar surface area (TPSA) is 79.4 Å². The number of amides is 3. The molecule has 7 heteroatoms. The largest absolute Gasteiger partial charge is 0.300 e. The van der Waals surface area contributed by atoms with Crippen LogP contribution in [-0.4, -0.2) is 34.2 Å². The summed E-state index contributed by atoms with van der Waals surface area (Å²) in [6.07, 6.45) is 3.47. The SMILES string of the molecule is O=C(CN1C(=O)C2CCCCC2C1=O)Nc1nc2ccccc2s1. The molecule has 1 aliphatic heterocycles. The number of fused-ring (bicyclic) bond motifs is 2. The molecule has 0 spiro atoms. The highest BCUT2D eigenvalue weighted by molar-refractivity contribution is 7.22. The lowest BCUT2D eigenvalue weighted by Gasteiger charge is -2.19. The number of imide groups is 1. The number of hydrogen-bond donors (Lipinski definition) is 1. The number of thiazole rings is 1. The molecule has 1 saturated heterocycles. The Morgan fingerprint density at radius 3 is 2.50 bits per heavy atom. The summed E-state index contributed by atoms with van der Waals surface area (Å²) in [5.41, 5.74) is 0.817. The van der Waals surface area contributed by atoms with Crippen LogP contribution >= 0.6 is 11.3 Å². The zero-order chi connectivity index (χ0) is 16.7. The maximum atomic E-state index is 12.4. The first-order valence-corrected chi connectivity index (χ1v) is 8.96. The molecule has 2 aliphatic rings. The predicted molar refractivity (Wildman–Crippen MR) is 90.4 cm³/mol. The van der Waals surface area contributed by atoms with Crippen LogP contribution in [0.15, 0.2) is 24.3 Å². The number of hydrogen-bond acceptors (Lipinski definition) is 5. The van der Waals surface area contributed by atoms with Gasteiger partial charge in [-0.3, -0.25) is 19.3 Å². The van der Waals surface area contributed by atoms with Crippen molar-refractivity contribution in [2.24, 2.45) is 11.8 Å². The van der Waals surface area contributed by atoms with Crippen LogP contribution in [0.25, 0.3) is 10.2 Å². The number of nitrogens with one attached hydrogen (secondary N) is 1. The smallest absolute Gasteiger partial charge is 0.246 e. The molecule has 2 fully saturated rings. The fourth-order valence-corrected chi connectivity index (χ4v) is 4.50. The molecule has 0 bridgehead atoms. The van der Waals surface area contributed by atoms with E-state index in [2.05, 4.69) is 10.3 Å². The van der Waals surface area contributed by atoms with E-state index in [1.165, 1.54) is 11.3 Å². The fourth-order valence-electron chi connectivity index (χ4n) is 3.61. The molecule has 2 atom stereocenters. The van der Waals surface area contributed by atoms with Crippen LogP contribution in [0.1, 0.15) is 25.7 Å². The van der Waals surface area contributed by atoms with Crippen molar-refractivity contribution in [3.05, 3.63) is 24.3 Å². The van der Waals surface area contributed by atoms with Gasteiger partial charge in [0, 0.05) is 0 Å². The normalized spacial score (nSPS) is 23.6. The van der Waals surface area contributed by atoms with Crippen molar-refractivity contribution in [2.45, 2.75) is 25.7 Å². The molecule has 2 aromatic rings. The number of aromatic nitrogens is 1. The Hall–Kier alpha value is -2.28. The third-order valence-electron chi connectivity index (χ3n) is 4.77. The summed E-state index contributed by atoms with van der Waals surface area (Å²) in [7, 11) is 0. The second kappa shape index (κ2) is 5.98. The fraction of sp³-hybridized carbons (Fsp3) is 0.412. The van der Waals surface area contributed by atoms with E-state index in [1.54, 1.807) is 0 Å². The quantitative estimate of drug-likeness (QED) is 0.868. The van der Waals surface area contributed by atoms with Gasteiger partial charge in [-0.15, -0.1) is 0 Å². The number of carbonyl (C=O) groups excluding carboxylic acids is 3. The summed E-state index contributed by atoms with van der Waals surface area (Å²) in [5.74, 6) is -1.20. The minimum Gasteiger partial charge on any atom is -0.300 e. The maximum Gasteiger partial charge on any atom is 0.246 e. The number of nitrogens with zero attached hydrogens (tertiary/aromatic N) is 2. The summed E-state index contributed by atoms with van der Waals surface area (Å²) in [4.78, 5) is 42.5. The second-order valence-corrected chi connectivity index (χ2v) is 7.33. The van der Waals surface area contributed by atoms with Crippen LogP contribution in [0, 0.1) is 11.8 Å². The van der Waals surface area contributed by atoms with E-state index in [9.17, 15) is 14.4 Å². The maximum absolute atomic E-state index is 12.4. The molecule has 1 N–H and O–H groups in total. The van der Waals surface area contributed by atoms with Gasteiger partial charge in [0.1, 0.15) is 6.54 Å². The first kappa shape index (κ1) is 15.3. The Kier molecular flexibility index (Phi) is 3.80. The van der Waals surface area contributed by atoms with Gasteiger partial charge in [-0.1, -0.05) is 36.3 Å². The number of likely N-dealkylation sites (tertiary alicyclic amines) is 1. The highest BCUT2D eigenvalue weighted by Crippen LogP contribution is 2.37. The molecule has 3 amide bonds. The van der Waals surface area contributed by atoms with Crippen molar-refractivity contribution >= 4 is 44.4 Å². The van der Waals surface area contributed by atoms with Gasteiger partial charge in [-0.05, 0) is 25.0 Å². The average Bonchev–Trinajstić information content (AvgIpc) is 3.09. The van der Waals surface area contributed by atoms with Crippen LogP contribution < -0.4 is 5.32 Å². The molecule has 1 aromatic carbocycles. The van der Waals surface area contributed by atoms with Crippen molar-refractivity contribution in [1.82, 2.24) is 9.88 Å². The predicted octanol–water partition coefficient (Wildman–Crippen LogP) is 2.41. The standard InChI is InChI=1S/C17H17N3O3S/c21-14(19-17-18-12-7-3-4-8-13(12)24-17)9-20-15(22)10-5-1-2-6-11(10)16(20)23/h3-4,7-8,10-11H,1-2,5-6,9H2,(H,18,19,21). The van der Waals surface area contributed by atoms with E-state index in [4.69, 9.17) is 0 Å². The Morgan fingerprint density at radius 2 is 1.83 bits per heavy atom. The minimum atomic E-state index is -0.380. The van der Waals surface area contributed by atoms with E-state index >= 15 is 0 Å². The molecule has 1 aromatic heterocycles. The van der Waals surface area contributed by atoms with Crippen LogP contribution in [0.3, 0.4) is 0 Å². The lowest BCUT2D eigenvalue weighted by atomic mass is 9.81. The van der Waals surface area contributed by atoms with E-state index in [-0.39, 0.29) is 36.1 Å². The highest BCUT2D eigenvalue weighted by Gasteiger charge is 2.48. The van der Waals surface area contributed by atoms with Crippen molar-refractivity contribution in [3.63, 3.8) is 0 Å². The zero-order valence-electron chi connectivity index (χ0n) is 13.0. The van der Waals surface area contributed by atoms with Gasteiger partial charge in [0.25, 0.3) is 0 Å². The first-order chi connectivity index (χ1) is 11.6. The molecular formula is C17H17N3O3S. The molecule has 6 nitrogen and oxygen atoms in total. The van der Waals surface area contributed by atoms with Crippen LogP contribution in [0.5, 0.6) is 0 Å². The van der Waals surface area contributed by atoms with Crippen LogP contribution in [0.2, 0.25) is 0 Å². The van der Waals surface area contributed by atoms with Crippen LogP contribution in [0.4, 0.5) is 5.13 Å². The third-order valence-corrected chi connectivity index (χ3v) is 5.73. The number of benzene rings is 1. The van der Waals surface area contributed by atoms with E-state index < -0.39 is 0 Å². The van der Waals surface area contributed by atoms with E-state index in [0.29, 0.717) is 5.13 Å². The summed E-state index contributed by atoms with van der Waals surface area (Å²) >= 11 is 1.37. The Morgan fingerprint density at radius 1 is 1.17 bits per heavy atom. The van der Waals surface area contributed by atoms with Gasteiger partial charge in [0.2, 0.25) is 17.7 Å². The molecule has 24 heavy (non-hydrogen) atoms. The monoisotopic (exact) mass is 343 g/mol. The number of carbonyl (C=O) groups is 3. The van der Waals surface area contributed by atoms with Gasteiger partial charge in [-0.25, -0.2) is 4.98 Å². The number of rotatable bonds is 3. The Labute approximate surface area is 142 Å². The van der Waals surface area contributed by atoms with Crippen molar-refractivity contribution < 1.29 is 14.4 Å². The Bertz CT molecular complexity index is 774. The number of anilines is 1. The molecule has 124 valence electrons. The first-order valence-electron chi connectivity index (χ1n) is 8.14. The molecule has 1 saturated carbocycles. The molecular weight excluding hydrogens is 326 g/mol. The van der Waals surface area contributed by atoms with Gasteiger partial charge in [-0.2, -0.15) is 0 Å². The second-order valence-electron chi connectivity index (χ2n) is 6.29. The lowest BCUT2D eigenvalue weighted by Crippen LogP contribution is -2.38. The highest BCUT2D eigenvalue weighted by atomic mass is 32.1. The number of para-hydroxylation sites is 1. The van der Waals surface area contributed by atoms with Crippen molar-refractivity contribution in [1.29, 1.82) is 0 Å². The Balaban J connectivity index is 1.45.